The van der Waals surface area contributed by atoms with Gasteiger partial charge in [-0.1, -0.05) is 13.8 Å². The van der Waals surface area contributed by atoms with Gasteiger partial charge in [0.15, 0.2) is 0 Å². The van der Waals surface area contributed by atoms with E-state index in [1.807, 2.05) is 0 Å². The molecule has 0 saturated carbocycles. The first kappa shape index (κ1) is 18.5. The van der Waals surface area contributed by atoms with Crippen molar-refractivity contribution in [3.8, 4) is 0 Å². The lowest BCUT2D eigenvalue weighted by atomic mass is 10.2. The highest BCUT2D eigenvalue weighted by Gasteiger charge is 2.35. The Labute approximate surface area is 116 Å². The minimum atomic E-state index is -4.50. The molecule has 5 nitrogen and oxygen atoms in total. The van der Waals surface area contributed by atoms with Crippen LogP contribution in [-0.2, 0) is 4.79 Å². The quantitative estimate of drug-likeness (QED) is 0.786. The van der Waals surface area contributed by atoms with Gasteiger partial charge in [-0.25, -0.2) is 4.79 Å². The lowest BCUT2D eigenvalue weighted by Crippen LogP contribution is -2.51. The first-order valence-corrected chi connectivity index (χ1v) is 6.46. The lowest BCUT2D eigenvalue weighted by molar-refractivity contribution is -0.142. The van der Waals surface area contributed by atoms with Gasteiger partial charge in [0, 0.05) is 12.6 Å². The third-order valence-electron chi connectivity index (χ3n) is 2.81. The predicted octanol–water partition coefficient (Wildman–Crippen LogP) is 2.57. The van der Waals surface area contributed by atoms with Gasteiger partial charge in [0.05, 0.1) is 0 Å². The summed E-state index contributed by atoms with van der Waals surface area (Å²) < 4.78 is 37.4. The molecular weight excluding hydrogens is 277 g/mol. The van der Waals surface area contributed by atoms with Gasteiger partial charge in [-0.2, -0.15) is 13.2 Å². The van der Waals surface area contributed by atoms with E-state index in [0.29, 0.717) is 17.7 Å². The number of hydrogen-bond acceptors (Lipinski definition) is 2. The van der Waals surface area contributed by atoms with Gasteiger partial charge >= 0.3 is 18.2 Å². The molecule has 0 aromatic rings. The molecule has 0 aromatic heterocycles. The van der Waals surface area contributed by atoms with Crippen LogP contribution in [0.25, 0.3) is 0 Å². The molecule has 20 heavy (non-hydrogen) atoms. The highest BCUT2D eigenvalue weighted by Crippen LogP contribution is 2.18. The Balaban J connectivity index is 5.08. The van der Waals surface area contributed by atoms with Crippen molar-refractivity contribution in [2.45, 2.75) is 45.8 Å². The summed E-state index contributed by atoms with van der Waals surface area (Å²) >= 11 is 0. The van der Waals surface area contributed by atoms with Crippen LogP contribution in [0.5, 0.6) is 0 Å². The monoisotopic (exact) mass is 298 g/mol. The molecule has 1 unspecified atom stereocenters. The van der Waals surface area contributed by atoms with E-state index >= 15 is 0 Å². The van der Waals surface area contributed by atoms with Crippen LogP contribution in [0.2, 0.25) is 0 Å². The molecule has 0 aliphatic rings. The molecule has 118 valence electrons. The highest BCUT2D eigenvalue weighted by molar-refractivity contribution is 5.80. The summed E-state index contributed by atoms with van der Waals surface area (Å²) in [6, 6.07) is -1.33. The second-order valence-corrected chi connectivity index (χ2v) is 4.60. The van der Waals surface area contributed by atoms with Gasteiger partial charge in [-0.3, -0.25) is 4.79 Å². The van der Waals surface area contributed by atoms with Crippen molar-refractivity contribution in [3.63, 3.8) is 0 Å². The summed E-state index contributed by atoms with van der Waals surface area (Å²) in [5.41, 5.74) is 0. The van der Waals surface area contributed by atoms with Crippen LogP contribution >= 0.6 is 0 Å². The van der Waals surface area contributed by atoms with Crippen LogP contribution < -0.4 is 0 Å². The summed E-state index contributed by atoms with van der Waals surface area (Å²) in [6.45, 7) is 2.96. The van der Waals surface area contributed by atoms with E-state index in [9.17, 15) is 22.8 Å². The molecular formula is C12H21F3N2O3. The van der Waals surface area contributed by atoms with Crippen molar-refractivity contribution in [2.75, 3.05) is 19.6 Å². The standard InChI is InChI=1S/C12H21F3N2O3/c1-4-6-16(8-12(13,14)15)11(20)17(7-10(18)19)9(3)5-2/h9H,4-8H2,1-3H3,(H,18,19). The zero-order valence-electron chi connectivity index (χ0n) is 11.9. The maximum absolute atomic E-state index is 12.5. The molecule has 0 radical (unpaired) electrons. The molecule has 0 aromatic carbocycles. The SMILES string of the molecule is CCCN(CC(F)(F)F)C(=O)N(CC(=O)O)C(C)CC. The summed E-state index contributed by atoms with van der Waals surface area (Å²) in [6.07, 6.45) is -3.68. The van der Waals surface area contributed by atoms with E-state index in [-0.39, 0.29) is 6.54 Å². The van der Waals surface area contributed by atoms with Crippen LogP contribution in [-0.4, -0.2) is 58.8 Å². The number of rotatable bonds is 7. The van der Waals surface area contributed by atoms with Crippen molar-refractivity contribution in [3.05, 3.63) is 0 Å². The molecule has 0 rings (SSSR count). The molecule has 0 spiro atoms. The Bertz CT molecular complexity index is 334. The summed E-state index contributed by atoms with van der Waals surface area (Å²) in [5, 5.41) is 8.79. The van der Waals surface area contributed by atoms with Crippen molar-refractivity contribution in [2.24, 2.45) is 0 Å². The summed E-state index contributed by atoms with van der Waals surface area (Å²) in [7, 11) is 0. The lowest BCUT2D eigenvalue weighted by Gasteiger charge is -2.33. The minimum Gasteiger partial charge on any atom is -0.480 e. The average Bonchev–Trinajstić information content (AvgIpc) is 2.32. The number of nitrogens with zero attached hydrogens (tertiary/aromatic N) is 2. The topological polar surface area (TPSA) is 60.9 Å². The number of halogens is 3. The van der Waals surface area contributed by atoms with Crippen LogP contribution in [0.3, 0.4) is 0 Å². The minimum absolute atomic E-state index is 0.0646. The molecule has 0 saturated heterocycles. The van der Waals surface area contributed by atoms with Crippen molar-refractivity contribution in [1.29, 1.82) is 0 Å². The Morgan fingerprint density at radius 3 is 2.15 bits per heavy atom. The smallest absolute Gasteiger partial charge is 0.406 e. The van der Waals surface area contributed by atoms with E-state index in [2.05, 4.69) is 0 Å². The van der Waals surface area contributed by atoms with Gasteiger partial charge in [-0.05, 0) is 19.8 Å². The maximum atomic E-state index is 12.5. The van der Waals surface area contributed by atoms with E-state index in [0.717, 1.165) is 4.90 Å². The van der Waals surface area contributed by atoms with Gasteiger partial charge < -0.3 is 14.9 Å². The molecule has 1 N–H and O–H groups in total. The van der Waals surface area contributed by atoms with Crippen molar-refractivity contribution in [1.82, 2.24) is 9.80 Å². The van der Waals surface area contributed by atoms with E-state index in [4.69, 9.17) is 5.11 Å². The van der Waals surface area contributed by atoms with Crippen LogP contribution in [0.15, 0.2) is 0 Å². The molecule has 0 fully saturated rings. The normalized spacial score (nSPS) is 12.9. The van der Waals surface area contributed by atoms with Gasteiger partial charge in [0.25, 0.3) is 0 Å². The number of hydrogen-bond donors (Lipinski definition) is 1. The fourth-order valence-electron chi connectivity index (χ4n) is 1.69. The van der Waals surface area contributed by atoms with Crippen molar-refractivity contribution >= 4 is 12.0 Å². The first-order valence-electron chi connectivity index (χ1n) is 6.46. The molecule has 0 aliphatic carbocycles. The molecule has 2 amide bonds. The van der Waals surface area contributed by atoms with Crippen molar-refractivity contribution < 1.29 is 27.9 Å². The van der Waals surface area contributed by atoms with Crippen LogP contribution in [0.1, 0.15) is 33.6 Å². The van der Waals surface area contributed by atoms with Crippen LogP contribution in [0, 0.1) is 0 Å². The second-order valence-electron chi connectivity index (χ2n) is 4.60. The predicted molar refractivity (Wildman–Crippen MR) is 67.4 cm³/mol. The maximum Gasteiger partial charge on any atom is 0.406 e. The van der Waals surface area contributed by atoms with Gasteiger partial charge in [0.1, 0.15) is 13.1 Å². The largest absolute Gasteiger partial charge is 0.480 e. The third kappa shape index (κ3) is 6.63. The third-order valence-corrected chi connectivity index (χ3v) is 2.81. The Kier molecular flexibility index (Phi) is 7.38. The second kappa shape index (κ2) is 7.96. The molecule has 8 heteroatoms. The molecule has 1 atom stereocenters. The highest BCUT2D eigenvalue weighted by atomic mass is 19.4. The zero-order chi connectivity index (χ0) is 15.9. The van der Waals surface area contributed by atoms with E-state index in [1.165, 1.54) is 0 Å². The number of carboxylic acid groups (broad SMARTS) is 1. The van der Waals surface area contributed by atoms with E-state index < -0.39 is 37.3 Å². The van der Waals surface area contributed by atoms with Gasteiger partial charge in [-0.15, -0.1) is 0 Å². The number of carbonyl (C=O) groups excluding carboxylic acids is 1. The number of aliphatic carboxylic acids is 1. The molecule has 0 aliphatic heterocycles. The number of alkyl halides is 3. The van der Waals surface area contributed by atoms with Crippen LogP contribution in [0.4, 0.5) is 18.0 Å². The molecule has 0 bridgehead atoms. The number of carbonyl (C=O) groups is 2. The summed E-state index contributed by atoms with van der Waals surface area (Å²) in [5.74, 6) is -1.25. The number of urea groups is 1. The Morgan fingerprint density at radius 1 is 1.25 bits per heavy atom. The zero-order valence-corrected chi connectivity index (χ0v) is 11.9. The summed E-state index contributed by atoms with van der Waals surface area (Å²) in [4.78, 5) is 24.5. The Hall–Kier alpha value is -1.47. The first-order chi connectivity index (χ1) is 9.12. The number of carboxylic acids is 1. The van der Waals surface area contributed by atoms with E-state index in [1.54, 1.807) is 20.8 Å². The van der Waals surface area contributed by atoms with Gasteiger partial charge in [0.2, 0.25) is 0 Å². The fraction of sp³-hybridized carbons (Fsp3) is 0.833. The Morgan fingerprint density at radius 2 is 1.80 bits per heavy atom. The molecule has 0 heterocycles. The average molecular weight is 298 g/mol. The fourth-order valence-corrected chi connectivity index (χ4v) is 1.69. The number of amides is 2.